The summed E-state index contributed by atoms with van der Waals surface area (Å²) in [7, 11) is 0. The highest BCUT2D eigenvalue weighted by Gasteiger charge is 2.17. The summed E-state index contributed by atoms with van der Waals surface area (Å²) in [6.07, 6.45) is 0. The van der Waals surface area contributed by atoms with Crippen molar-refractivity contribution in [3.63, 3.8) is 0 Å². The second-order valence-corrected chi connectivity index (χ2v) is 2.97. The molecule has 0 bridgehead atoms. The Bertz CT molecular complexity index is 123. The molecule has 0 aromatic heterocycles. The average Bonchev–Trinajstić information content (AvgIpc) is 2.25. The number of hydroxylamine groups is 4. The molecule has 1 aliphatic heterocycles. The van der Waals surface area contributed by atoms with E-state index in [4.69, 9.17) is 19.9 Å². The molecule has 0 aliphatic carbocycles. The topological polar surface area (TPSA) is 65.4 Å². The Hall–Kier alpha value is -0.240. The SMILES string of the molecule is OCCON1CCN(OCCO)CC1. The van der Waals surface area contributed by atoms with E-state index in [0.29, 0.717) is 13.2 Å². The Labute approximate surface area is 83.5 Å². The number of hydrogen-bond donors (Lipinski definition) is 2. The molecule has 0 aromatic carbocycles. The fraction of sp³-hybridized carbons (Fsp3) is 1.00. The van der Waals surface area contributed by atoms with Crippen LogP contribution < -0.4 is 0 Å². The molecule has 1 rings (SSSR count). The lowest BCUT2D eigenvalue weighted by Crippen LogP contribution is -2.46. The Balaban J connectivity index is 2.05. The minimum Gasteiger partial charge on any atom is -0.394 e. The monoisotopic (exact) mass is 206 g/mol. The minimum atomic E-state index is 0.0429. The van der Waals surface area contributed by atoms with Crippen LogP contribution in [0.15, 0.2) is 0 Å². The highest BCUT2D eigenvalue weighted by molar-refractivity contribution is 4.60. The van der Waals surface area contributed by atoms with Crippen molar-refractivity contribution < 1.29 is 19.9 Å². The fourth-order valence-electron chi connectivity index (χ4n) is 1.27. The van der Waals surface area contributed by atoms with Crippen LogP contribution in [0.3, 0.4) is 0 Å². The molecule has 0 aromatic rings. The van der Waals surface area contributed by atoms with E-state index in [1.165, 1.54) is 0 Å². The van der Waals surface area contributed by atoms with E-state index in [2.05, 4.69) is 0 Å². The molecule has 14 heavy (non-hydrogen) atoms. The lowest BCUT2D eigenvalue weighted by molar-refractivity contribution is -0.241. The van der Waals surface area contributed by atoms with Crippen molar-refractivity contribution in [2.75, 3.05) is 52.6 Å². The maximum atomic E-state index is 8.55. The Kier molecular flexibility index (Phi) is 6.00. The van der Waals surface area contributed by atoms with Crippen molar-refractivity contribution in [1.29, 1.82) is 0 Å². The summed E-state index contributed by atoms with van der Waals surface area (Å²) in [6, 6.07) is 0. The maximum Gasteiger partial charge on any atom is 0.0916 e. The predicted molar refractivity (Wildman–Crippen MR) is 49.2 cm³/mol. The Morgan fingerprint density at radius 1 is 0.786 bits per heavy atom. The number of hydrogen-bond acceptors (Lipinski definition) is 6. The van der Waals surface area contributed by atoms with Gasteiger partial charge in [-0.1, -0.05) is 0 Å². The number of rotatable bonds is 6. The van der Waals surface area contributed by atoms with Crippen molar-refractivity contribution in [3.05, 3.63) is 0 Å². The quantitative estimate of drug-likeness (QED) is 0.548. The van der Waals surface area contributed by atoms with Gasteiger partial charge in [0.05, 0.1) is 26.4 Å². The second kappa shape index (κ2) is 7.10. The first-order valence-electron chi connectivity index (χ1n) is 4.84. The molecule has 0 radical (unpaired) electrons. The largest absolute Gasteiger partial charge is 0.394 e. The van der Waals surface area contributed by atoms with Crippen molar-refractivity contribution in [2.24, 2.45) is 0 Å². The van der Waals surface area contributed by atoms with Crippen LogP contribution in [0, 0.1) is 0 Å². The number of nitrogens with zero attached hydrogens (tertiary/aromatic N) is 2. The average molecular weight is 206 g/mol. The van der Waals surface area contributed by atoms with Gasteiger partial charge in [-0.3, -0.25) is 9.68 Å². The van der Waals surface area contributed by atoms with E-state index >= 15 is 0 Å². The summed E-state index contributed by atoms with van der Waals surface area (Å²) in [5.41, 5.74) is 0. The van der Waals surface area contributed by atoms with Crippen LogP contribution in [0.5, 0.6) is 0 Å². The van der Waals surface area contributed by atoms with Crippen molar-refractivity contribution in [1.82, 2.24) is 10.1 Å². The van der Waals surface area contributed by atoms with E-state index in [0.717, 1.165) is 26.2 Å². The smallest absolute Gasteiger partial charge is 0.0916 e. The third-order valence-electron chi connectivity index (χ3n) is 1.93. The lowest BCUT2D eigenvalue weighted by Gasteiger charge is -2.32. The maximum absolute atomic E-state index is 8.55. The van der Waals surface area contributed by atoms with Crippen LogP contribution in [0.4, 0.5) is 0 Å². The van der Waals surface area contributed by atoms with Crippen LogP contribution in [-0.2, 0) is 9.68 Å². The molecule has 1 fully saturated rings. The number of aliphatic hydroxyl groups excluding tert-OH is 2. The van der Waals surface area contributed by atoms with Crippen LogP contribution in [0.2, 0.25) is 0 Å². The zero-order valence-electron chi connectivity index (χ0n) is 8.26. The molecule has 2 N–H and O–H groups in total. The number of piperazine rings is 1. The second-order valence-electron chi connectivity index (χ2n) is 2.97. The Morgan fingerprint density at radius 2 is 1.14 bits per heavy atom. The summed E-state index contributed by atoms with van der Waals surface area (Å²) in [5, 5.41) is 20.7. The van der Waals surface area contributed by atoms with E-state index in [-0.39, 0.29) is 13.2 Å². The molecule has 6 nitrogen and oxygen atoms in total. The summed E-state index contributed by atoms with van der Waals surface area (Å²) in [5.74, 6) is 0. The van der Waals surface area contributed by atoms with Gasteiger partial charge in [-0.15, -0.1) is 0 Å². The number of aliphatic hydroxyl groups is 2. The van der Waals surface area contributed by atoms with Gasteiger partial charge in [-0.2, -0.15) is 10.1 Å². The molecule has 0 atom stereocenters. The van der Waals surface area contributed by atoms with Crippen molar-refractivity contribution in [3.8, 4) is 0 Å². The van der Waals surface area contributed by atoms with Gasteiger partial charge in [-0.05, 0) is 0 Å². The van der Waals surface area contributed by atoms with Gasteiger partial charge in [0.1, 0.15) is 0 Å². The van der Waals surface area contributed by atoms with Crippen LogP contribution >= 0.6 is 0 Å². The van der Waals surface area contributed by atoms with Crippen LogP contribution in [0.1, 0.15) is 0 Å². The van der Waals surface area contributed by atoms with Crippen LogP contribution in [-0.4, -0.2) is 72.9 Å². The van der Waals surface area contributed by atoms with Gasteiger partial charge in [0.25, 0.3) is 0 Å². The third kappa shape index (κ3) is 4.32. The van der Waals surface area contributed by atoms with Gasteiger partial charge in [0.2, 0.25) is 0 Å². The molecule has 0 spiro atoms. The molecule has 84 valence electrons. The zero-order chi connectivity index (χ0) is 10.2. The molecule has 0 saturated carbocycles. The van der Waals surface area contributed by atoms with Gasteiger partial charge in [-0.25, -0.2) is 0 Å². The zero-order valence-corrected chi connectivity index (χ0v) is 8.26. The molecular weight excluding hydrogens is 188 g/mol. The van der Waals surface area contributed by atoms with Crippen molar-refractivity contribution in [2.45, 2.75) is 0 Å². The van der Waals surface area contributed by atoms with E-state index < -0.39 is 0 Å². The molecule has 1 saturated heterocycles. The third-order valence-corrected chi connectivity index (χ3v) is 1.93. The first-order chi connectivity index (χ1) is 6.86. The molecule has 6 heteroatoms. The van der Waals surface area contributed by atoms with Gasteiger partial charge in [0.15, 0.2) is 0 Å². The molecule has 0 unspecified atom stereocenters. The van der Waals surface area contributed by atoms with Gasteiger partial charge in [0, 0.05) is 26.2 Å². The summed E-state index contributed by atoms with van der Waals surface area (Å²) in [6.45, 7) is 3.80. The molecule has 1 aliphatic rings. The first-order valence-corrected chi connectivity index (χ1v) is 4.84. The molecule has 0 amide bonds. The molecular formula is C8H18N2O4. The summed E-state index contributed by atoms with van der Waals surface area (Å²) in [4.78, 5) is 10.5. The van der Waals surface area contributed by atoms with Gasteiger partial charge < -0.3 is 10.2 Å². The van der Waals surface area contributed by atoms with Crippen LogP contribution in [0.25, 0.3) is 0 Å². The Morgan fingerprint density at radius 3 is 1.43 bits per heavy atom. The van der Waals surface area contributed by atoms with E-state index in [9.17, 15) is 0 Å². The van der Waals surface area contributed by atoms with Gasteiger partial charge >= 0.3 is 0 Å². The van der Waals surface area contributed by atoms with E-state index in [1.807, 2.05) is 10.1 Å². The summed E-state index contributed by atoms with van der Waals surface area (Å²) < 4.78 is 0. The highest BCUT2D eigenvalue weighted by atomic mass is 16.7. The first kappa shape index (κ1) is 11.8. The van der Waals surface area contributed by atoms with Crippen molar-refractivity contribution >= 4 is 0 Å². The minimum absolute atomic E-state index is 0.0429. The normalized spacial score (nSPS) is 20.1. The predicted octanol–water partition coefficient (Wildman–Crippen LogP) is -1.55. The lowest BCUT2D eigenvalue weighted by atomic mass is 10.4. The fourth-order valence-corrected chi connectivity index (χ4v) is 1.27. The summed E-state index contributed by atoms with van der Waals surface area (Å²) >= 11 is 0. The standard InChI is InChI=1S/C8H18N2O4/c11-5-7-13-9-1-2-10(4-3-9)14-8-6-12/h11-12H,1-8H2. The highest BCUT2D eigenvalue weighted by Crippen LogP contribution is 2.02. The van der Waals surface area contributed by atoms with E-state index in [1.54, 1.807) is 0 Å². The molecule has 1 heterocycles.